The molecule has 1 aliphatic rings. The van der Waals surface area contributed by atoms with Gasteiger partial charge >= 0.3 is 0 Å². The molecule has 13 heavy (non-hydrogen) atoms. The lowest BCUT2D eigenvalue weighted by Crippen LogP contribution is -2.47. The third kappa shape index (κ3) is 3.74. The number of carbonyl (C=O) groups is 1. The van der Waals surface area contributed by atoms with Gasteiger partial charge in [0.2, 0.25) is 5.91 Å². The molecule has 1 atom stereocenters. The molecule has 4 nitrogen and oxygen atoms in total. The highest BCUT2D eigenvalue weighted by Gasteiger charge is 2.24. The van der Waals surface area contributed by atoms with E-state index in [4.69, 9.17) is 10.5 Å². The summed E-state index contributed by atoms with van der Waals surface area (Å²) < 4.78 is 5.23. The first-order valence-corrected chi connectivity index (χ1v) is 4.67. The van der Waals surface area contributed by atoms with E-state index in [1.54, 1.807) is 0 Å². The predicted octanol–water partition coefficient (Wildman–Crippen LogP) is 0.0189. The molecule has 0 bridgehead atoms. The fourth-order valence-electron chi connectivity index (χ4n) is 1.21. The van der Waals surface area contributed by atoms with Crippen LogP contribution in [0.15, 0.2) is 0 Å². The summed E-state index contributed by atoms with van der Waals surface area (Å²) in [5, 5.41) is 2.78. The number of rotatable bonds is 3. The summed E-state index contributed by atoms with van der Waals surface area (Å²) in [6, 6.07) is 0. The van der Waals surface area contributed by atoms with E-state index in [-0.39, 0.29) is 17.6 Å². The Morgan fingerprint density at radius 3 is 2.85 bits per heavy atom. The van der Waals surface area contributed by atoms with Gasteiger partial charge in [0.15, 0.2) is 0 Å². The molecule has 76 valence electrons. The fraction of sp³-hybridized carbons (Fsp3) is 0.889. The van der Waals surface area contributed by atoms with Crippen LogP contribution in [0, 0.1) is 0 Å². The van der Waals surface area contributed by atoms with Gasteiger partial charge in [0.1, 0.15) is 6.10 Å². The Morgan fingerprint density at radius 2 is 2.38 bits per heavy atom. The maximum absolute atomic E-state index is 11.4. The van der Waals surface area contributed by atoms with Crippen molar-refractivity contribution in [3.05, 3.63) is 0 Å². The Kier molecular flexibility index (Phi) is 3.27. The van der Waals surface area contributed by atoms with E-state index in [1.807, 2.05) is 13.8 Å². The van der Waals surface area contributed by atoms with E-state index in [0.717, 1.165) is 12.8 Å². The number of nitrogens with two attached hydrogens (primary N) is 1. The van der Waals surface area contributed by atoms with Crippen LogP contribution in [-0.4, -0.2) is 30.7 Å². The summed E-state index contributed by atoms with van der Waals surface area (Å²) in [6.45, 7) is 4.95. The quantitative estimate of drug-likeness (QED) is 0.653. The van der Waals surface area contributed by atoms with Crippen LogP contribution in [0.3, 0.4) is 0 Å². The van der Waals surface area contributed by atoms with Crippen LogP contribution >= 0.6 is 0 Å². The number of hydrogen-bond acceptors (Lipinski definition) is 3. The van der Waals surface area contributed by atoms with Crippen molar-refractivity contribution < 1.29 is 9.53 Å². The lowest BCUT2D eigenvalue weighted by molar-refractivity contribution is -0.130. The molecular weight excluding hydrogens is 168 g/mol. The van der Waals surface area contributed by atoms with Gasteiger partial charge in [0.05, 0.1) is 0 Å². The van der Waals surface area contributed by atoms with E-state index < -0.39 is 0 Å². The average Bonchev–Trinajstić information content (AvgIpc) is 2.50. The molecule has 1 fully saturated rings. The molecule has 1 aliphatic heterocycles. The van der Waals surface area contributed by atoms with Gasteiger partial charge in [0.25, 0.3) is 0 Å². The zero-order valence-electron chi connectivity index (χ0n) is 8.30. The Morgan fingerprint density at radius 1 is 1.69 bits per heavy atom. The highest BCUT2D eigenvalue weighted by Crippen LogP contribution is 2.11. The van der Waals surface area contributed by atoms with E-state index in [2.05, 4.69) is 5.32 Å². The largest absolute Gasteiger partial charge is 0.368 e. The van der Waals surface area contributed by atoms with Crippen molar-refractivity contribution in [2.24, 2.45) is 5.73 Å². The molecule has 1 rings (SSSR count). The highest BCUT2D eigenvalue weighted by atomic mass is 16.5. The molecule has 0 saturated carbocycles. The smallest absolute Gasteiger partial charge is 0.249 e. The predicted molar refractivity (Wildman–Crippen MR) is 50.3 cm³/mol. The van der Waals surface area contributed by atoms with Gasteiger partial charge in [-0.05, 0) is 26.7 Å². The van der Waals surface area contributed by atoms with Crippen molar-refractivity contribution in [1.82, 2.24) is 5.32 Å². The van der Waals surface area contributed by atoms with Crippen LogP contribution in [0.5, 0.6) is 0 Å². The molecular formula is C9H18N2O2. The van der Waals surface area contributed by atoms with Crippen LogP contribution in [0.4, 0.5) is 0 Å². The normalized spacial score (nSPS) is 23.2. The molecule has 0 aromatic rings. The van der Waals surface area contributed by atoms with Crippen LogP contribution in [-0.2, 0) is 9.53 Å². The number of nitrogens with one attached hydrogen (secondary N) is 1. The topological polar surface area (TPSA) is 64.3 Å². The molecule has 0 aromatic carbocycles. The van der Waals surface area contributed by atoms with Gasteiger partial charge < -0.3 is 15.8 Å². The van der Waals surface area contributed by atoms with E-state index in [1.165, 1.54) is 0 Å². The summed E-state index contributed by atoms with van der Waals surface area (Å²) >= 11 is 0. The maximum Gasteiger partial charge on any atom is 0.249 e. The molecule has 4 heteroatoms. The molecule has 0 spiro atoms. The fourth-order valence-corrected chi connectivity index (χ4v) is 1.21. The van der Waals surface area contributed by atoms with E-state index in [0.29, 0.717) is 13.2 Å². The van der Waals surface area contributed by atoms with Crippen molar-refractivity contribution in [2.45, 2.75) is 38.3 Å². The lowest BCUT2D eigenvalue weighted by Gasteiger charge is -2.20. The zero-order valence-corrected chi connectivity index (χ0v) is 8.30. The van der Waals surface area contributed by atoms with Crippen molar-refractivity contribution >= 4 is 5.91 Å². The molecule has 0 aliphatic carbocycles. The average molecular weight is 186 g/mol. The van der Waals surface area contributed by atoms with Crippen molar-refractivity contribution in [3.8, 4) is 0 Å². The molecule has 1 amide bonds. The van der Waals surface area contributed by atoms with Crippen LogP contribution in [0.2, 0.25) is 0 Å². The zero-order chi connectivity index (χ0) is 9.90. The van der Waals surface area contributed by atoms with Crippen molar-refractivity contribution in [1.29, 1.82) is 0 Å². The minimum Gasteiger partial charge on any atom is -0.368 e. The van der Waals surface area contributed by atoms with Crippen LogP contribution < -0.4 is 11.1 Å². The summed E-state index contributed by atoms with van der Waals surface area (Å²) in [5.74, 6) is -0.0315. The molecule has 0 aromatic heterocycles. The SMILES string of the molecule is CC(C)(N)CNC(=O)C1CCCO1. The second-order valence-corrected chi connectivity index (χ2v) is 4.21. The summed E-state index contributed by atoms with van der Waals surface area (Å²) in [4.78, 5) is 11.4. The first kappa shape index (κ1) is 10.5. The molecule has 1 unspecified atom stereocenters. The second kappa shape index (κ2) is 4.07. The van der Waals surface area contributed by atoms with E-state index >= 15 is 0 Å². The first-order valence-electron chi connectivity index (χ1n) is 4.67. The Balaban J connectivity index is 2.25. The summed E-state index contributed by atoms with van der Waals surface area (Å²) in [7, 11) is 0. The minimum atomic E-state index is -0.353. The Labute approximate surface area is 78.8 Å². The third-order valence-corrected chi connectivity index (χ3v) is 1.94. The molecule has 1 saturated heterocycles. The van der Waals surface area contributed by atoms with Gasteiger partial charge in [-0.2, -0.15) is 0 Å². The second-order valence-electron chi connectivity index (χ2n) is 4.21. The Hall–Kier alpha value is -0.610. The van der Waals surface area contributed by atoms with Crippen molar-refractivity contribution in [3.63, 3.8) is 0 Å². The number of ether oxygens (including phenoxy) is 1. The van der Waals surface area contributed by atoms with Crippen molar-refractivity contribution in [2.75, 3.05) is 13.2 Å². The monoisotopic (exact) mass is 186 g/mol. The molecule has 1 heterocycles. The summed E-state index contributed by atoms with van der Waals surface area (Å²) in [5.41, 5.74) is 5.37. The van der Waals surface area contributed by atoms with Crippen LogP contribution in [0.1, 0.15) is 26.7 Å². The standard InChI is InChI=1S/C9H18N2O2/c1-9(2,10)6-11-8(12)7-4-3-5-13-7/h7H,3-6,10H2,1-2H3,(H,11,12). The summed E-state index contributed by atoms with van der Waals surface area (Å²) in [6.07, 6.45) is 1.56. The van der Waals surface area contributed by atoms with E-state index in [9.17, 15) is 4.79 Å². The minimum absolute atomic E-state index is 0.0315. The number of amides is 1. The highest BCUT2D eigenvalue weighted by molar-refractivity contribution is 5.81. The van der Waals surface area contributed by atoms with Gasteiger partial charge in [0, 0.05) is 18.7 Å². The Bertz CT molecular complexity index is 181. The van der Waals surface area contributed by atoms with Gasteiger partial charge in [-0.25, -0.2) is 0 Å². The molecule has 3 N–H and O–H groups in total. The van der Waals surface area contributed by atoms with Gasteiger partial charge in [-0.15, -0.1) is 0 Å². The van der Waals surface area contributed by atoms with Gasteiger partial charge in [-0.3, -0.25) is 4.79 Å². The number of carbonyl (C=O) groups excluding carboxylic acids is 1. The first-order chi connectivity index (χ1) is 5.99. The molecule has 0 radical (unpaired) electrons. The lowest BCUT2D eigenvalue weighted by atomic mass is 10.1. The van der Waals surface area contributed by atoms with Gasteiger partial charge in [-0.1, -0.05) is 0 Å². The third-order valence-electron chi connectivity index (χ3n) is 1.94. The number of hydrogen-bond donors (Lipinski definition) is 2. The van der Waals surface area contributed by atoms with Crippen LogP contribution in [0.25, 0.3) is 0 Å². The maximum atomic E-state index is 11.4.